The van der Waals surface area contributed by atoms with Gasteiger partial charge in [-0.05, 0) is 37.2 Å². The normalized spacial score (nSPS) is 24.8. The third-order valence-corrected chi connectivity index (χ3v) is 5.45. The molecule has 112 valence electrons. The number of nitrogens with one attached hydrogen (secondary N) is 1. The molecule has 0 radical (unpaired) electrons. The molecule has 0 bridgehead atoms. The Morgan fingerprint density at radius 3 is 2.60 bits per heavy atom. The van der Waals surface area contributed by atoms with Crippen LogP contribution >= 0.6 is 27.7 Å². The lowest BCUT2D eigenvalue weighted by Crippen LogP contribution is -2.41. The van der Waals surface area contributed by atoms with Crippen molar-refractivity contribution in [3.63, 3.8) is 0 Å². The van der Waals surface area contributed by atoms with E-state index >= 15 is 0 Å². The summed E-state index contributed by atoms with van der Waals surface area (Å²) in [6.07, 6.45) is 0. The maximum atomic E-state index is 3.61. The lowest BCUT2D eigenvalue weighted by Gasteiger charge is -2.38. The molecule has 1 N–H and O–H groups in total. The lowest BCUT2D eigenvalue weighted by atomic mass is 10.0. The fourth-order valence-electron chi connectivity index (χ4n) is 2.95. The molecule has 0 aliphatic carbocycles. The van der Waals surface area contributed by atoms with Gasteiger partial charge in [-0.2, -0.15) is 11.8 Å². The summed E-state index contributed by atoms with van der Waals surface area (Å²) < 4.78 is 1.16. The van der Waals surface area contributed by atoms with E-state index < -0.39 is 0 Å². The first-order chi connectivity index (χ1) is 9.51. The minimum Gasteiger partial charge on any atom is -0.369 e. The van der Waals surface area contributed by atoms with Crippen molar-refractivity contribution in [2.75, 3.05) is 24.5 Å². The average molecular weight is 357 g/mol. The first-order valence-electron chi connectivity index (χ1n) is 7.44. The molecule has 1 fully saturated rings. The van der Waals surface area contributed by atoms with Crippen LogP contribution in [0.25, 0.3) is 0 Å². The molecule has 3 atom stereocenters. The van der Waals surface area contributed by atoms with Gasteiger partial charge in [-0.1, -0.05) is 36.7 Å². The molecular formula is C16H25BrN2S. The molecule has 0 spiro atoms. The number of rotatable bonds is 4. The maximum absolute atomic E-state index is 3.61. The molecule has 20 heavy (non-hydrogen) atoms. The highest BCUT2D eigenvalue weighted by Gasteiger charge is 2.25. The summed E-state index contributed by atoms with van der Waals surface area (Å²) in [5.41, 5.74) is 2.79. The van der Waals surface area contributed by atoms with Crippen molar-refractivity contribution in [2.45, 2.75) is 44.2 Å². The van der Waals surface area contributed by atoms with Gasteiger partial charge >= 0.3 is 0 Å². The fourth-order valence-corrected chi connectivity index (χ4v) is 4.65. The van der Waals surface area contributed by atoms with Gasteiger partial charge in [0.05, 0.1) is 0 Å². The molecule has 1 aliphatic heterocycles. The van der Waals surface area contributed by atoms with E-state index in [2.05, 4.69) is 83.8 Å². The average Bonchev–Trinajstić information content (AvgIpc) is 2.37. The Morgan fingerprint density at radius 2 is 2.00 bits per heavy atom. The van der Waals surface area contributed by atoms with Crippen LogP contribution in [0.4, 0.5) is 5.69 Å². The largest absolute Gasteiger partial charge is 0.369 e. The van der Waals surface area contributed by atoms with Crippen molar-refractivity contribution < 1.29 is 0 Å². The SMILES string of the molecule is CCNC(C)c1cc(Br)ccc1N1CC(C)SC(C)C1. The quantitative estimate of drug-likeness (QED) is 0.857. The number of anilines is 1. The standard InChI is InChI=1S/C16H25BrN2S/c1-5-18-13(4)15-8-14(17)6-7-16(15)19-9-11(2)20-12(3)10-19/h6-8,11-13,18H,5,9-10H2,1-4H3. The highest BCUT2D eigenvalue weighted by Crippen LogP contribution is 2.34. The van der Waals surface area contributed by atoms with Crippen LogP contribution in [0.3, 0.4) is 0 Å². The molecule has 3 unspecified atom stereocenters. The van der Waals surface area contributed by atoms with Crippen LogP contribution < -0.4 is 10.2 Å². The van der Waals surface area contributed by atoms with E-state index in [4.69, 9.17) is 0 Å². The predicted molar refractivity (Wildman–Crippen MR) is 95.0 cm³/mol. The van der Waals surface area contributed by atoms with Crippen LogP contribution in [0.15, 0.2) is 22.7 Å². The second kappa shape index (κ2) is 7.19. The van der Waals surface area contributed by atoms with Gasteiger partial charge in [-0.3, -0.25) is 0 Å². The second-order valence-electron chi connectivity index (χ2n) is 5.64. The molecule has 1 heterocycles. The summed E-state index contributed by atoms with van der Waals surface area (Å²) in [5.74, 6) is 0. The first kappa shape index (κ1) is 16.2. The van der Waals surface area contributed by atoms with E-state index in [-0.39, 0.29) is 0 Å². The van der Waals surface area contributed by atoms with Crippen molar-refractivity contribution in [3.8, 4) is 0 Å². The second-order valence-corrected chi connectivity index (χ2v) is 8.44. The highest BCUT2D eigenvalue weighted by molar-refractivity contribution is 9.10. The van der Waals surface area contributed by atoms with Crippen LogP contribution in [-0.2, 0) is 0 Å². The van der Waals surface area contributed by atoms with E-state index in [9.17, 15) is 0 Å². The topological polar surface area (TPSA) is 15.3 Å². The summed E-state index contributed by atoms with van der Waals surface area (Å²) in [5, 5.41) is 4.94. The van der Waals surface area contributed by atoms with Gasteiger partial charge in [0.1, 0.15) is 0 Å². The van der Waals surface area contributed by atoms with E-state index in [0.717, 1.165) is 24.1 Å². The Bertz CT molecular complexity index is 442. The molecule has 1 aromatic rings. The van der Waals surface area contributed by atoms with Gasteiger partial charge in [0.2, 0.25) is 0 Å². The Labute approximate surface area is 135 Å². The van der Waals surface area contributed by atoms with E-state index in [1.165, 1.54) is 11.3 Å². The predicted octanol–water partition coefficient (Wildman–Crippen LogP) is 4.45. The van der Waals surface area contributed by atoms with Crippen LogP contribution in [-0.4, -0.2) is 30.1 Å². The summed E-state index contributed by atoms with van der Waals surface area (Å²) in [4.78, 5) is 2.56. The third-order valence-electron chi connectivity index (χ3n) is 3.73. The molecule has 1 aromatic carbocycles. The number of hydrogen-bond donors (Lipinski definition) is 1. The molecule has 4 heteroatoms. The summed E-state index contributed by atoms with van der Waals surface area (Å²) in [6.45, 7) is 12.4. The molecule has 0 amide bonds. The third kappa shape index (κ3) is 3.92. The van der Waals surface area contributed by atoms with Crippen molar-refractivity contribution in [1.82, 2.24) is 5.32 Å². The molecule has 2 nitrogen and oxygen atoms in total. The van der Waals surface area contributed by atoms with Gasteiger partial charge in [0.15, 0.2) is 0 Å². The van der Waals surface area contributed by atoms with E-state index in [0.29, 0.717) is 16.5 Å². The molecule has 1 saturated heterocycles. The summed E-state index contributed by atoms with van der Waals surface area (Å²) in [7, 11) is 0. The van der Waals surface area contributed by atoms with Gasteiger partial charge < -0.3 is 10.2 Å². The van der Waals surface area contributed by atoms with Crippen LogP contribution in [0.5, 0.6) is 0 Å². The number of hydrogen-bond acceptors (Lipinski definition) is 3. The summed E-state index contributed by atoms with van der Waals surface area (Å²) >= 11 is 5.71. The fraction of sp³-hybridized carbons (Fsp3) is 0.625. The van der Waals surface area contributed by atoms with Crippen LogP contribution in [0.1, 0.15) is 39.3 Å². The first-order valence-corrected chi connectivity index (χ1v) is 9.18. The van der Waals surface area contributed by atoms with E-state index in [1.807, 2.05) is 0 Å². The number of thioether (sulfide) groups is 1. The Morgan fingerprint density at radius 1 is 1.35 bits per heavy atom. The Kier molecular flexibility index (Phi) is 5.82. The molecule has 0 aromatic heterocycles. The molecule has 1 aliphatic rings. The molecular weight excluding hydrogens is 332 g/mol. The molecule has 2 rings (SSSR count). The van der Waals surface area contributed by atoms with Crippen molar-refractivity contribution >= 4 is 33.4 Å². The van der Waals surface area contributed by atoms with Crippen molar-refractivity contribution in [3.05, 3.63) is 28.2 Å². The van der Waals surface area contributed by atoms with Gasteiger partial charge in [-0.15, -0.1) is 0 Å². The zero-order valence-electron chi connectivity index (χ0n) is 12.8. The maximum Gasteiger partial charge on any atom is 0.0416 e. The highest BCUT2D eigenvalue weighted by atomic mass is 79.9. The van der Waals surface area contributed by atoms with E-state index in [1.54, 1.807) is 0 Å². The zero-order valence-corrected chi connectivity index (χ0v) is 15.2. The smallest absolute Gasteiger partial charge is 0.0416 e. The van der Waals surface area contributed by atoms with Crippen LogP contribution in [0, 0.1) is 0 Å². The number of nitrogens with zero attached hydrogens (tertiary/aromatic N) is 1. The van der Waals surface area contributed by atoms with Crippen LogP contribution in [0.2, 0.25) is 0 Å². The van der Waals surface area contributed by atoms with Gasteiger partial charge in [-0.25, -0.2) is 0 Å². The van der Waals surface area contributed by atoms with Gasteiger partial charge in [0.25, 0.3) is 0 Å². The van der Waals surface area contributed by atoms with Crippen molar-refractivity contribution in [1.29, 1.82) is 0 Å². The summed E-state index contributed by atoms with van der Waals surface area (Å²) in [6, 6.07) is 7.07. The zero-order chi connectivity index (χ0) is 14.7. The monoisotopic (exact) mass is 356 g/mol. The lowest BCUT2D eigenvalue weighted by molar-refractivity contribution is 0.593. The van der Waals surface area contributed by atoms with Gasteiger partial charge in [0, 0.05) is 39.8 Å². The Balaban J connectivity index is 2.30. The van der Waals surface area contributed by atoms with Crippen molar-refractivity contribution in [2.24, 2.45) is 0 Å². The molecule has 0 saturated carbocycles. The number of halogens is 1. The minimum atomic E-state index is 0.382. The Hall–Kier alpha value is -0.190. The minimum absolute atomic E-state index is 0.382. The number of benzene rings is 1.